The molecule has 0 bridgehead atoms. The summed E-state index contributed by atoms with van der Waals surface area (Å²) in [6, 6.07) is 5.11. The van der Waals surface area contributed by atoms with Crippen molar-refractivity contribution in [3.63, 3.8) is 0 Å². The molecule has 2 aromatic heterocycles. The molecule has 1 N–H and O–H groups in total. The van der Waals surface area contributed by atoms with Crippen LogP contribution in [0.15, 0.2) is 12.1 Å². The van der Waals surface area contributed by atoms with Crippen molar-refractivity contribution in [2.75, 3.05) is 19.4 Å². The Bertz CT molecular complexity index is 590. The molecule has 0 unspecified atom stereocenters. The SMILES string of the molecule is Cc1nc2ccc(N[C@H]3CCC[C@@H](N(C)C)C3)nn2n1. The number of anilines is 1. The standard InChI is InChI=1S/C14H22N6/c1-10-15-14-8-7-13(18-20(14)17-10)16-11-5-4-6-12(9-11)19(2)3/h7-8,11-12H,4-6,9H2,1-3H3,(H,16,18)/t11-,12+/m0/s1. The van der Waals surface area contributed by atoms with Crippen LogP contribution in [0.1, 0.15) is 31.5 Å². The zero-order chi connectivity index (χ0) is 14.1. The van der Waals surface area contributed by atoms with Gasteiger partial charge >= 0.3 is 0 Å². The highest BCUT2D eigenvalue weighted by Crippen LogP contribution is 2.24. The Hall–Kier alpha value is -1.69. The van der Waals surface area contributed by atoms with E-state index in [4.69, 9.17) is 0 Å². The molecule has 1 fully saturated rings. The van der Waals surface area contributed by atoms with Crippen molar-refractivity contribution in [1.82, 2.24) is 24.7 Å². The fourth-order valence-corrected chi connectivity index (χ4v) is 2.94. The van der Waals surface area contributed by atoms with Crippen LogP contribution < -0.4 is 5.32 Å². The van der Waals surface area contributed by atoms with Crippen molar-refractivity contribution in [3.05, 3.63) is 18.0 Å². The third kappa shape index (κ3) is 2.75. The molecule has 0 amide bonds. The number of fused-ring (bicyclic) bond motifs is 1. The van der Waals surface area contributed by atoms with E-state index >= 15 is 0 Å². The molecule has 1 saturated carbocycles. The molecule has 2 aromatic rings. The molecule has 6 heteroatoms. The van der Waals surface area contributed by atoms with Crippen LogP contribution in [-0.4, -0.2) is 50.9 Å². The second-order valence-corrected chi connectivity index (χ2v) is 5.85. The van der Waals surface area contributed by atoms with E-state index in [0.29, 0.717) is 12.1 Å². The van der Waals surface area contributed by atoms with E-state index in [9.17, 15) is 0 Å². The zero-order valence-corrected chi connectivity index (χ0v) is 12.4. The molecule has 2 heterocycles. The number of hydrogen-bond acceptors (Lipinski definition) is 5. The van der Waals surface area contributed by atoms with Gasteiger partial charge in [0.25, 0.3) is 0 Å². The summed E-state index contributed by atoms with van der Waals surface area (Å²) in [6.45, 7) is 1.88. The highest BCUT2D eigenvalue weighted by atomic mass is 15.5. The summed E-state index contributed by atoms with van der Waals surface area (Å²) in [5.41, 5.74) is 0.794. The van der Waals surface area contributed by atoms with Crippen molar-refractivity contribution in [3.8, 4) is 0 Å². The van der Waals surface area contributed by atoms with Gasteiger partial charge in [-0.25, -0.2) is 4.98 Å². The molecule has 0 aliphatic heterocycles. The van der Waals surface area contributed by atoms with Crippen molar-refractivity contribution in [2.45, 2.75) is 44.7 Å². The highest BCUT2D eigenvalue weighted by Gasteiger charge is 2.23. The molecule has 0 saturated heterocycles. The number of rotatable bonds is 3. The van der Waals surface area contributed by atoms with Gasteiger partial charge in [0.05, 0.1) is 0 Å². The second-order valence-electron chi connectivity index (χ2n) is 5.85. The van der Waals surface area contributed by atoms with Gasteiger partial charge in [-0.15, -0.1) is 14.8 Å². The monoisotopic (exact) mass is 274 g/mol. The van der Waals surface area contributed by atoms with Crippen molar-refractivity contribution >= 4 is 11.5 Å². The lowest BCUT2D eigenvalue weighted by atomic mass is 9.90. The molecular weight excluding hydrogens is 252 g/mol. The molecule has 1 aliphatic rings. The van der Waals surface area contributed by atoms with Crippen LogP contribution >= 0.6 is 0 Å². The maximum Gasteiger partial charge on any atom is 0.176 e. The van der Waals surface area contributed by atoms with E-state index in [1.165, 1.54) is 25.7 Å². The molecule has 0 spiro atoms. The summed E-state index contributed by atoms with van der Waals surface area (Å²) < 4.78 is 1.60. The van der Waals surface area contributed by atoms with Gasteiger partial charge in [0.2, 0.25) is 0 Å². The highest BCUT2D eigenvalue weighted by molar-refractivity contribution is 5.43. The van der Waals surface area contributed by atoms with Crippen LogP contribution in [0.5, 0.6) is 0 Å². The van der Waals surface area contributed by atoms with Gasteiger partial charge in [-0.2, -0.15) is 0 Å². The molecule has 3 rings (SSSR count). The first-order valence-electron chi connectivity index (χ1n) is 7.25. The van der Waals surface area contributed by atoms with Gasteiger partial charge in [0, 0.05) is 12.1 Å². The molecule has 20 heavy (non-hydrogen) atoms. The lowest BCUT2D eigenvalue weighted by Crippen LogP contribution is -2.38. The van der Waals surface area contributed by atoms with Gasteiger partial charge in [-0.1, -0.05) is 0 Å². The number of nitrogens with zero attached hydrogens (tertiary/aromatic N) is 5. The summed E-state index contributed by atoms with van der Waals surface area (Å²) in [6.07, 6.45) is 4.94. The largest absolute Gasteiger partial charge is 0.366 e. The average Bonchev–Trinajstić information content (AvgIpc) is 2.78. The number of hydrogen-bond donors (Lipinski definition) is 1. The van der Waals surface area contributed by atoms with E-state index in [0.717, 1.165) is 17.3 Å². The Morgan fingerprint density at radius 1 is 1.25 bits per heavy atom. The summed E-state index contributed by atoms with van der Waals surface area (Å²) in [5, 5.41) is 12.3. The predicted octanol–water partition coefficient (Wildman–Crippen LogP) is 1.72. The normalized spacial score (nSPS) is 23.4. The van der Waals surface area contributed by atoms with E-state index in [1.54, 1.807) is 4.63 Å². The van der Waals surface area contributed by atoms with Crippen molar-refractivity contribution < 1.29 is 0 Å². The van der Waals surface area contributed by atoms with Crippen LogP contribution in [0, 0.1) is 6.92 Å². The van der Waals surface area contributed by atoms with E-state index < -0.39 is 0 Å². The maximum atomic E-state index is 4.48. The van der Waals surface area contributed by atoms with Crippen LogP contribution in [0.3, 0.4) is 0 Å². The van der Waals surface area contributed by atoms with Gasteiger partial charge in [-0.05, 0) is 58.8 Å². The maximum absolute atomic E-state index is 4.48. The van der Waals surface area contributed by atoms with Crippen LogP contribution in [0.25, 0.3) is 5.65 Å². The van der Waals surface area contributed by atoms with E-state index in [2.05, 4.69) is 39.5 Å². The topological polar surface area (TPSA) is 58.4 Å². The van der Waals surface area contributed by atoms with Crippen LogP contribution in [0.4, 0.5) is 5.82 Å². The summed E-state index contributed by atoms with van der Waals surface area (Å²) in [4.78, 5) is 6.62. The van der Waals surface area contributed by atoms with Crippen LogP contribution in [0.2, 0.25) is 0 Å². The van der Waals surface area contributed by atoms with Gasteiger partial charge in [0.15, 0.2) is 5.65 Å². The zero-order valence-electron chi connectivity index (χ0n) is 12.4. The second kappa shape index (κ2) is 5.36. The predicted molar refractivity (Wildman–Crippen MR) is 78.9 cm³/mol. The Morgan fingerprint density at radius 2 is 2.10 bits per heavy atom. The molecule has 2 atom stereocenters. The fourth-order valence-electron chi connectivity index (χ4n) is 2.94. The third-order valence-corrected chi connectivity index (χ3v) is 4.04. The Kier molecular flexibility index (Phi) is 3.56. The fraction of sp³-hybridized carbons (Fsp3) is 0.643. The minimum atomic E-state index is 0.491. The molecule has 6 nitrogen and oxygen atoms in total. The van der Waals surface area contributed by atoms with Crippen molar-refractivity contribution in [2.24, 2.45) is 0 Å². The first-order valence-corrected chi connectivity index (χ1v) is 7.25. The number of nitrogens with one attached hydrogen (secondary N) is 1. The summed E-state index contributed by atoms with van der Waals surface area (Å²) in [5.74, 6) is 1.63. The smallest absolute Gasteiger partial charge is 0.176 e. The molecule has 1 aliphatic carbocycles. The van der Waals surface area contributed by atoms with Gasteiger partial charge in [-0.3, -0.25) is 0 Å². The Labute approximate surface area is 119 Å². The van der Waals surface area contributed by atoms with Crippen LogP contribution in [-0.2, 0) is 0 Å². The first kappa shape index (κ1) is 13.3. The molecule has 0 radical (unpaired) electrons. The van der Waals surface area contributed by atoms with E-state index in [1.807, 2.05) is 19.1 Å². The first-order chi connectivity index (χ1) is 9.61. The molecule has 108 valence electrons. The van der Waals surface area contributed by atoms with Crippen molar-refractivity contribution in [1.29, 1.82) is 0 Å². The Morgan fingerprint density at radius 3 is 2.90 bits per heavy atom. The lowest BCUT2D eigenvalue weighted by Gasteiger charge is -2.33. The molecular formula is C14H22N6. The average molecular weight is 274 g/mol. The number of aryl methyl sites for hydroxylation is 1. The Balaban J connectivity index is 1.72. The molecule has 0 aromatic carbocycles. The summed E-state index contributed by atoms with van der Waals surface area (Å²) in [7, 11) is 4.32. The van der Waals surface area contributed by atoms with Gasteiger partial charge in [0.1, 0.15) is 11.6 Å². The minimum absolute atomic E-state index is 0.491. The lowest BCUT2D eigenvalue weighted by molar-refractivity contribution is 0.219. The van der Waals surface area contributed by atoms with E-state index in [-0.39, 0.29) is 0 Å². The summed E-state index contributed by atoms with van der Waals surface area (Å²) >= 11 is 0. The third-order valence-electron chi connectivity index (χ3n) is 4.04. The quantitative estimate of drug-likeness (QED) is 0.923. The minimum Gasteiger partial charge on any atom is -0.366 e. The number of aromatic nitrogens is 4. The van der Waals surface area contributed by atoms with Gasteiger partial charge < -0.3 is 10.2 Å².